The largest absolute Gasteiger partial charge is 0.347 e. The fourth-order valence-corrected chi connectivity index (χ4v) is 4.35. The number of thiophene rings is 1. The average Bonchev–Trinajstić information content (AvgIpc) is 3.35. The predicted octanol–water partition coefficient (Wildman–Crippen LogP) is 3.48. The number of fused-ring (bicyclic) bond motifs is 1. The van der Waals surface area contributed by atoms with Crippen molar-refractivity contribution in [1.82, 2.24) is 14.4 Å². The van der Waals surface area contributed by atoms with Crippen molar-refractivity contribution in [2.24, 2.45) is 0 Å². The molecule has 1 aliphatic rings. The number of carbonyl (C=O) groups excluding carboxylic acids is 1. The molecule has 1 aromatic carbocycles. The summed E-state index contributed by atoms with van der Waals surface area (Å²) >= 11 is 1.83. The summed E-state index contributed by atoms with van der Waals surface area (Å²) in [7, 11) is 0. The molecule has 0 aliphatic carbocycles. The summed E-state index contributed by atoms with van der Waals surface area (Å²) in [5.41, 5.74) is 1.21. The molecule has 136 valence electrons. The van der Waals surface area contributed by atoms with Crippen molar-refractivity contribution in [1.29, 1.82) is 0 Å². The zero-order valence-corrected chi connectivity index (χ0v) is 15.8. The van der Waals surface area contributed by atoms with Crippen molar-refractivity contribution in [3.63, 3.8) is 0 Å². The van der Waals surface area contributed by atoms with Gasteiger partial charge in [0.1, 0.15) is 0 Å². The molecule has 3 heterocycles. The Morgan fingerprint density at radius 2 is 1.81 bits per heavy atom. The van der Waals surface area contributed by atoms with Gasteiger partial charge >= 0.3 is 0 Å². The highest BCUT2D eigenvalue weighted by atomic mass is 32.1. The Kier molecular flexibility index (Phi) is 5.37. The van der Waals surface area contributed by atoms with Crippen molar-refractivity contribution in [3.8, 4) is 0 Å². The fraction of sp³-hybridized carbons (Fsp3) is 0.381. The number of aromatic nitrogens is 1. The van der Waals surface area contributed by atoms with Crippen molar-refractivity contribution >= 4 is 28.1 Å². The van der Waals surface area contributed by atoms with E-state index in [9.17, 15) is 4.79 Å². The second kappa shape index (κ2) is 8.06. The summed E-state index contributed by atoms with van der Waals surface area (Å²) in [5.74, 6) is 0.278. The van der Waals surface area contributed by atoms with Crippen LogP contribution in [0.5, 0.6) is 0 Å². The molecule has 26 heavy (non-hydrogen) atoms. The molecule has 0 spiro atoms. The van der Waals surface area contributed by atoms with Gasteiger partial charge in [0.15, 0.2) is 0 Å². The van der Waals surface area contributed by atoms with E-state index in [1.807, 2.05) is 16.2 Å². The van der Waals surface area contributed by atoms with Gasteiger partial charge in [0.25, 0.3) is 0 Å². The second-order valence-corrected chi connectivity index (χ2v) is 7.90. The highest BCUT2D eigenvalue weighted by molar-refractivity contribution is 7.09. The molecule has 2 aromatic heterocycles. The Hall–Kier alpha value is -2.11. The molecule has 3 aromatic rings. The standard InChI is InChI=1S/C21H25N3OS/c25-21(9-12-23-11-7-18-4-1-2-6-20(18)23)24-15-13-22(14-16-24)10-8-19-5-3-17-26-19/h1-7,11,17H,8-10,12-16H2. The Morgan fingerprint density at radius 1 is 0.962 bits per heavy atom. The van der Waals surface area contributed by atoms with Gasteiger partial charge < -0.3 is 9.47 Å². The quantitative estimate of drug-likeness (QED) is 0.667. The lowest BCUT2D eigenvalue weighted by atomic mass is 10.2. The van der Waals surface area contributed by atoms with E-state index < -0.39 is 0 Å². The van der Waals surface area contributed by atoms with E-state index >= 15 is 0 Å². The molecule has 4 rings (SSSR count). The van der Waals surface area contributed by atoms with Crippen LogP contribution in [0.2, 0.25) is 0 Å². The van der Waals surface area contributed by atoms with E-state index in [0.717, 1.165) is 45.7 Å². The molecule has 5 heteroatoms. The molecule has 0 bridgehead atoms. The normalized spacial score (nSPS) is 15.6. The van der Waals surface area contributed by atoms with Crippen LogP contribution in [0.15, 0.2) is 54.0 Å². The van der Waals surface area contributed by atoms with Gasteiger partial charge in [-0.2, -0.15) is 0 Å². The van der Waals surface area contributed by atoms with Crippen molar-refractivity contribution in [3.05, 3.63) is 58.9 Å². The summed E-state index contributed by atoms with van der Waals surface area (Å²) in [6.07, 6.45) is 3.78. The lowest BCUT2D eigenvalue weighted by molar-refractivity contribution is -0.133. The topological polar surface area (TPSA) is 28.5 Å². The number of benzene rings is 1. The fourth-order valence-electron chi connectivity index (χ4n) is 3.65. The smallest absolute Gasteiger partial charge is 0.224 e. The Balaban J connectivity index is 1.23. The molecular formula is C21H25N3OS. The van der Waals surface area contributed by atoms with Gasteiger partial charge in [-0.3, -0.25) is 9.69 Å². The summed E-state index contributed by atoms with van der Waals surface area (Å²) in [6, 6.07) is 14.8. The van der Waals surface area contributed by atoms with Crippen LogP contribution in [-0.2, 0) is 17.8 Å². The van der Waals surface area contributed by atoms with E-state index in [2.05, 4.69) is 63.5 Å². The average molecular weight is 368 g/mol. The molecule has 0 unspecified atom stereocenters. The first-order valence-electron chi connectivity index (χ1n) is 9.36. The van der Waals surface area contributed by atoms with Gasteiger partial charge in [-0.15, -0.1) is 11.3 Å². The van der Waals surface area contributed by atoms with E-state index in [1.54, 1.807) is 0 Å². The minimum Gasteiger partial charge on any atom is -0.347 e. The molecule has 0 N–H and O–H groups in total. The third kappa shape index (κ3) is 4.00. The van der Waals surface area contributed by atoms with Gasteiger partial charge in [0, 0.05) is 62.3 Å². The number of hydrogen-bond acceptors (Lipinski definition) is 3. The highest BCUT2D eigenvalue weighted by Gasteiger charge is 2.20. The third-order valence-electron chi connectivity index (χ3n) is 5.23. The maximum atomic E-state index is 12.6. The molecule has 1 fully saturated rings. The molecule has 0 atom stereocenters. The highest BCUT2D eigenvalue weighted by Crippen LogP contribution is 2.16. The predicted molar refractivity (Wildman–Crippen MR) is 108 cm³/mol. The third-order valence-corrected chi connectivity index (χ3v) is 6.16. The van der Waals surface area contributed by atoms with Crippen LogP contribution < -0.4 is 0 Å². The minimum absolute atomic E-state index is 0.278. The number of aryl methyl sites for hydroxylation is 1. The zero-order valence-electron chi connectivity index (χ0n) is 15.0. The summed E-state index contributed by atoms with van der Waals surface area (Å²) in [6.45, 7) is 5.54. The number of rotatable bonds is 6. The lowest BCUT2D eigenvalue weighted by Gasteiger charge is -2.34. The number of carbonyl (C=O) groups is 1. The van der Waals surface area contributed by atoms with Gasteiger partial charge in [0.2, 0.25) is 5.91 Å². The second-order valence-electron chi connectivity index (χ2n) is 6.87. The number of piperazine rings is 1. The van der Waals surface area contributed by atoms with Crippen LogP contribution in [0.3, 0.4) is 0 Å². The van der Waals surface area contributed by atoms with Crippen LogP contribution in [0, 0.1) is 0 Å². The van der Waals surface area contributed by atoms with E-state index in [0.29, 0.717) is 6.42 Å². The van der Waals surface area contributed by atoms with Crippen LogP contribution in [0.1, 0.15) is 11.3 Å². The van der Waals surface area contributed by atoms with Crippen molar-refractivity contribution in [2.45, 2.75) is 19.4 Å². The van der Waals surface area contributed by atoms with E-state index in [-0.39, 0.29) is 5.91 Å². The zero-order chi connectivity index (χ0) is 17.8. The minimum atomic E-state index is 0.278. The molecule has 4 nitrogen and oxygen atoms in total. The molecule has 1 saturated heterocycles. The van der Waals surface area contributed by atoms with Crippen LogP contribution >= 0.6 is 11.3 Å². The monoisotopic (exact) mass is 367 g/mol. The lowest BCUT2D eigenvalue weighted by Crippen LogP contribution is -2.49. The maximum absolute atomic E-state index is 12.6. The Bertz CT molecular complexity index is 847. The van der Waals surface area contributed by atoms with Gasteiger partial charge in [-0.1, -0.05) is 24.3 Å². The Labute approximate surface area is 158 Å². The number of para-hydroxylation sites is 1. The number of nitrogens with zero attached hydrogens (tertiary/aromatic N) is 3. The SMILES string of the molecule is O=C(CCn1ccc2ccccc21)N1CCN(CCc2cccs2)CC1. The Morgan fingerprint density at radius 3 is 2.62 bits per heavy atom. The first-order chi connectivity index (χ1) is 12.8. The molecule has 0 radical (unpaired) electrons. The summed E-state index contributed by atoms with van der Waals surface area (Å²) in [5, 5.41) is 3.37. The van der Waals surface area contributed by atoms with Gasteiger partial charge in [-0.05, 0) is 35.4 Å². The van der Waals surface area contributed by atoms with Crippen LogP contribution in [0.4, 0.5) is 0 Å². The van der Waals surface area contributed by atoms with Gasteiger partial charge in [0.05, 0.1) is 0 Å². The van der Waals surface area contributed by atoms with Crippen molar-refractivity contribution in [2.75, 3.05) is 32.7 Å². The van der Waals surface area contributed by atoms with Crippen molar-refractivity contribution < 1.29 is 4.79 Å². The van der Waals surface area contributed by atoms with E-state index in [1.165, 1.54) is 15.8 Å². The summed E-state index contributed by atoms with van der Waals surface area (Å²) in [4.78, 5) is 18.5. The molecule has 0 saturated carbocycles. The number of amides is 1. The number of hydrogen-bond donors (Lipinski definition) is 0. The molecule has 1 aliphatic heterocycles. The van der Waals surface area contributed by atoms with Gasteiger partial charge in [-0.25, -0.2) is 0 Å². The first-order valence-corrected chi connectivity index (χ1v) is 10.2. The molecule has 1 amide bonds. The van der Waals surface area contributed by atoms with E-state index in [4.69, 9.17) is 0 Å². The maximum Gasteiger partial charge on any atom is 0.224 e. The molecular weight excluding hydrogens is 342 g/mol. The summed E-state index contributed by atoms with van der Waals surface area (Å²) < 4.78 is 2.19. The van der Waals surface area contributed by atoms with Crippen LogP contribution in [-0.4, -0.2) is 53.0 Å². The first kappa shape index (κ1) is 17.3. The van der Waals surface area contributed by atoms with Crippen LogP contribution in [0.25, 0.3) is 10.9 Å².